The minimum absolute atomic E-state index is 0.522. The van der Waals surface area contributed by atoms with E-state index in [1.54, 1.807) is 0 Å². The van der Waals surface area contributed by atoms with Crippen molar-refractivity contribution < 1.29 is 0 Å². The first-order valence-corrected chi connectivity index (χ1v) is 3.94. The molecule has 2 N–H and O–H groups in total. The molecule has 11 heavy (non-hydrogen) atoms. The van der Waals surface area contributed by atoms with Crippen molar-refractivity contribution in [1.29, 1.82) is 0 Å². The average Bonchev–Trinajstić information content (AvgIpc) is 1.96. The number of nitrogen functional groups attached to an aromatic ring is 1. The van der Waals surface area contributed by atoms with Crippen molar-refractivity contribution in [2.45, 2.75) is 20.3 Å². The van der Waals surface area contributed by atoms with E-state index in [-0.39, 0.29) is 0 Å². The van der Waals surface area contributed by atoms with Crippen molar-refractivity contribution in [2.24, 2.45) is 0 Å². The van der Waals surface area contributed by atoms with Gasteiger partial charge in [0, 0.05) is 0 Å². The quantitative estimate of drug-likeness (QED) is 0.657. The number of hydrogen-bond donors (Lipinski definition) is 1. The lowest BCUT2D eigenvalue weighted by Crippen LogP contribution is -1.98. The first-order chi connectivity index (χ1) is 5.15. The summed E-state index contributed by atoms with van der Waals surface area (Å²) in [7, 11) is 0. The number of halogens is 1. The molecule has 0 spiro atoms. The van der Waals surface area contributed by atoms with E-state index < -0.39 is 0 Å². The number of nitrogens with two attached hydrogens (primary N) is 1. The number of anilines is 1. The van der Waals surface area contributed by atoms with E-state index in [2.05, 4.69) is 4.98 Å². The minimum atomic E-state index is 0.522. The maximum atomic E-state index is 5.74. The second kappa shape index (κ2) is 3.09. The zero-order valence-electron chi connectivity index (χ0n) is 6.69. The van der Waals surface area contributed by atoms with Gasteiger partial charge in [0.1, 0.15) is 5.15 Å². The van der Waals surface area contributed by atoms with Gasteiger partial charge in [-0.2, -0.15) is 0 Å². The predicted octanol–water partition coefficient (Wildman–Crippen LogP) is 2.19. The fourth-order valence-electron chi connectivity index (χ4n) is 0.999. The summed E-state index contributed by atoms with van der Waals surface area (Å²) in [5.41, 5.74) is 8.39. The van der Waals surface area contributed by atoms with Crippen LogP contribution in [-0.2, 0) is 6.42 Å². The van der Waals surface area contributed by atoms with Crippen molar-refractivity contribution in [3.05, 3.63) is 22.5 Å². The van der Waals surface area contributed by atoms with Crippen LogP contribution in [0.4, 0.5) is 5.69 Å². The first kappa shape index (κ1) is 8.34. The van der Waals surface area contributed by atoms with E-state index in [1.807, 2.05) is 19.9 Å². The van der Waals surface area contributed by atoms with Crippen LogP contribution in [0.25, 0.3) is 0 Å². The molecule has 1 heterocycles. The molecule has 3 heteroatoms. The number of hydrogen-bond acceptors (Lipinski definition) is 2. The highest BCUT2D eigenvalue weighted by atomic mass is 35.5. The average molecular weight is 171 g/mol. The van der Waals surface area contributed by atoms with Gasteiger partial charge < -0.3 is 5.73 Å². The standard InChI is InChI=1S/C8H11ClN2/c1-3-6-4-7(9)11-5(2)8(6)10/h4H,3,10H2,1-2H3. The number of pyridine rings is 1. The number of aryl methyl sites for hydroxylation is 2. The van der Waals surface area contributed by atoms with Gasteiger partial charge in [-0.15, -0.1) is 0 Å². The highest BCUT2D eigenvalue weighted by Crippen LogP contribution is 2.19. The smallest absolute Gasteiger partial charge is 0.129 e. The fraction of sp³-hybridized carbons (Fsp3) is 0.375. The molecule has 0 saturated carbocycles. The Morgan fingerprint density at radius 2 is 2.27 bits per heavy atom. The van der Waals surface area contributed by atoms with Crippen LogP contribution in [0.3, 0.4) is 0 Å². The van der Waals surface area contributed by atoms with Gasteiger partial charge in [0.25, 0.3) is 0 Å². The zero-order valence-corrected chi connectivity index (χ0v) is 7.44. The van der Waals surface area contributed by atoms with Crippen molar-refractivity contribution >= 4 is 17.3 Å². The van der Waals surface area contributed by atoms with Gasteiger partial charge in [0.05, 0.1) is 11.4 Å². The molecule has 60 valence electrons. The Morgan fingerprint density at radius 1 is 1.64 bits per heavy atom. The topological polar surface area (TPSA) is 38.9 Å². The zero-order chi connectivity index (χ0) is 8.43. The molecule has 0 aromatic carbocycles. The maximum absolute atomic E-state index is 5.74. The summed E-state index contributed by atoms with van der Waals surface area (Å²) in [4.78, 5) is 4.02. The van der Waals surface area contributed by atoms with Crippen LogP contribution in [0.15, 0.2) is 6.07 Å². The molecule has 1 aromatic rings. The van der Waals surface area contributed by atoms with Crippen LogP contribution in [0.1, 0.15) is 18.2 Å². The predicted molar refractivity (Wildman–Crippen MR) is 47.8 cm³/mol. The summed E-state index contributed by atoms with van der Waals surface area (Å²) in [6.45, 7) is 3.90. The molecule has 0 atom stereocenters. The summed E-state index contributed by atoms with van der Waals surface area (Å²) in [6, 6.07) is 1.81. The lowest BCUT2D eigenvalue weighted by molar-refractivity contribution is 1.10. The molecule has 0 amide bonds. The summed E-state index contributed by atoms with van der Waals surface area (Å²) in [5.74, 6) is 0. The third-order valence-electron chi connectivity index (χ3n) is 1.68. The molecule has 0 unspecified atom stereocenters. The SMILES string of the molecule is CCc1cc(Cl)nc(C)c1N. The Labute approximate surface area is 71.4 Å². The molecule has 0 aliphatic rings. The van der Waals surface area contributed by atoms with E-state index in [4.69, 9.17) is 17.3 Å². The molecule has 1 rings (SSSR count). The second-order valence-corrected chi connectivity index (χ2v) is 2.84. The first-order valence-electron chi connectivity index (χ1n) is 3.56. The number of rotatable bonds is 1. The lowest BCUT2D eigenvalue weighted by atomic mass is 10.1. The Kier molecular flexibility index (Phi) is 2.35. The van der Waals surface area contributed by atoms with E-state index in [9.17, 15) is 0 Å². The molecule has 0 aliphatic carbocycles. The third kappa shape index (κ3) is 1.63. The van der Waals surface area contributed by atoms with Crippen LogP contribution in [-0.4, -0.2) is 4.98 Å². The Hall–Kier alpha value is -0.760. The fourth-order valence-corrected chi connectivity index (χ4v) is 1.26. The number of aromatic nitrogens is 1. The summed E-state index contributed by atoms with van der Waals surface area (Å²) in [5, 5.41) is 0.522. The van der Waals surface area contributed by atoms with E-state index in [0.717, 1.165) is 23.4 Å². The molecule has 0 radical (unpaired) electrons. The van der Waals surface area contributed by atoms with E-state index >= 15 is 0 Å². The van der Waals surface area contributed by atoms with Gasteiger partial charge in [-0.3, -0.25) is 0 Å². The van der Waals surface area contributed by atoms with Crippen LogP contribution < -0.4 is 5.73 Å². The van der Waals surface area contributed by atoms with Gasteiger partial charge in [-0.1, -0.05) is 18.5 Å². The molecule has 0 aliphatic heterocycles. The molecule has 1 aromatic heterocycles. The molecule has 0 bridgehead atoms. The van der Waals surface area contributed by atoms with Gasteiger partial charge >= 0.3 is 0 Å². The summed E-state index contributed by atoms with van der Waals surface area (Å²) < 4.78 is 0. The maximum Gasteiger partial charge on any atom is 0.129 e. The van der Waals surface area contributed by atoms with Crippen molar-refractivity contribution in [3.63, 3.8) is 0 Å². The largest absolute Gasteiger partial charge is 0.397 e. The summed E-state index contributed by atoms with van der Waals surface area (Å²) in [6.07, 6.45) is 0.898. The van der Waals surface area contributed by atoms with Crippen LogP contribution in [0, 0.1) is 6.92 Å². The Balaban J connectivity index is 3.24. The monoisotopic (exact) mass is 170 g/mol. The second-order valence-electron chi connectivity index (χ2n) is 2.46. The highest BCUT2D eigenvalue weighted by Gasteiger charge is 2.02. The minimum Gasteiger partial charge on any atom is -0.397 e. The highest BCUT2D eigenvalue weighted by molar-refractivity contribution is 6.29. The van der Waals surface area contributed by atoms with Crippen LogP contribution in [0.2, 0.25) is 5.15 Å². The molecule has 0 fully saturated rings. The normalized spacial score (nSPS) is 10.1. The van der Waals surface area contributed by atoms with Crippen molar-refractivity contribution in [1.82, 2.24) is 4.98 Å². The van der Waals surface area contributed by atoms with Crippen LogP contribution in [0.5, 0.6) is 0 Å². The number of nitrogens with zero attached hydrogens (tertiary/aromatic N) is 1. The molecular formula is C8H11ClN2. The van der Waals surface area contributed by atoms with Gasteiger partial charge in [0.15, 0.2) is 0 Å². The Bertz CT molecular complexity index is 271. The Morgan fingerprint density at radius 3 is 2.82 bits per heavy atom. The third-order valence-corrected chi connectivity index (χ3v) is 1.88. The molecule has 2 nitrogen and oxygen atoms in total. The van der Waals surface area contributed by atoms with E-state index in [1.165, 1.54) is 0 Å². The van der Waals surface area contributed by atoms with Crippen LogP contribution >= 0.6 is 11.6 Å². The van der Waals surface area contributed by atoms with Gasteiger partial charge in [-0.25, -0.2) is 4.98 Å². The van der Waals surface area contributed by atoms with Gasteiger partial charge in [-0.05, 0) is 25.0 Å². The molecule has 0 saturated heterocycles. The van der Waals surface area contributed by atoms with Crippen molar-refractivity contribution in [3.8, 4) is 0 Å². The van der Waals surface area contributed by atoms with Gasteiger partial charge in [0.2, 0.25) is 0 Å². The van der Waals surface area contributed by atoms with Crippen molar-refractivity contribution in [2.75, 3.05) is 5.73 Å². The molecular weight excluding hydrogens is 160 g/mol. The lowest BCUT2D eigenvalue weighted by Gasteiger charge is -2.05. The van der Waals surface area contributed by atoms with E-state index in [0.29, 0.717) is 5.15 Å². The summed E-state index contributed by atoms with van der Waals surface area (Å²) >= 11 is 5.73.